The molecule has 0 saturated carbocycles. The molecule has 25 heavy (non-hydrogen) atoms. The third-order valence-electron chi connectivity index (χ3n) is 5.66. The van der Waals surface area contributed by atoms with E-state index in [4.69, 9.17) is 0 Å². The monoisotopic (exact) mass is 343 g/mol. The second kappa shape index (κ2) is 9.35. The second-order valence-corrected chi connectivity index (χ2v) is 7.75. The van der Waals surface area contributed by atoms with Gasteiger partial charge in [0.15, 0.2) is 0 Å². The van der Waals surface area contributed by atoms with E-state index in [0.717, 1.165) is 25.9 Å². The van der Waals surface area contributed by atoms with E-state index in [9.17, 15) is 4.79 Å². The summed E-state index contributed by atoms with van der Waals surface area (Å²) in [7, 11) is 0. The lowest BCUT2D eigenvalue weighted by Crippen LogP contribution is -2.42. The number of piperidine rings is 1. The second-order valence-electron chi connectivity index (χ2n) is 7.75. The minimum Gasteiger partial charge on any atom is -0.352 e. The highest BCUT2D eigenvalue weighted by Gasteiger charge is 2.24. The molecule has 1 aromatic carbocycles. The lowest BCUT2D eigenvalue weighted by atomic mass is 9.92. The van der Waals surface area contributed by atoms with Crippen LogP contribution in [0.3, 0.4) is 0 Å². The van der Waals surface area contributed by atoms with E-state index in [0.29, 0.717) is 12.6 Å². The van der Waals surface area contributed by atoms with Gasteiger partial charge in [-0.15, -0.1) is 0 Å². The topological polar surface area (TPSA) is 44.4 Å². The first-order chi connectivity index (χ1) is 12.2. The Morgan fingerprint density at radius 2 is 1.88 bits per heavy atom. The maximum Gasteiger partial charge on any atom is 0.223 e. The van der Waals surface area contributed by atoms with Crippen molar-refractivity contribution < 1.29 is 4.79 Å². The van der Waals surface area contributed by atoms with Crippen molar-refractivity contribution in [2.75, 3.05) is 19.6 Å². The summed E-state index contributed by atoms with van der Waals surface area (Å²) < 4.78 is 0. The quantitative estimate of drug-likeness (QED) is 0.864. The number of benzene rings is 1. The van der Waals surface area contributed by atoms with Gasteiger partial charge < -0.3 is 10.6 Å². The van der Waals surface area contributed by atoms with Crippen molar-refractivity contribution in [2.45, 2.75) is 64.6 Å². The smallest absolute Gasteiger partial charge is 0.223 e. The van der Waals surface area contributed by atoms with Gasteiger partial charge in [-0.1, -0.05) is 37.1 Å². The summed E-state index contributed by atoms with van der Waals surface area (Å²) in [6.45, 7) is 7.18. The van der Waals surface area contributed by atoms with E-state index < -0.39 is 0 Å². The average molecular weight is 344 g/mol. The summed E-state index contributed by atoms with van der Waals surface area (Å²) in [6, 6.07) is 9.03. The highest BCUT2D eigenvalue weighted by Crippen LogP contribution is 2.18. The normalized spacial score (nSPS) is 25.3. The van der Waals surface area contributed by atoms with E-state index in [1.165, 1.54) is 49.9 Å². The maximum atomic E-state index is 12.5. The number of hydrogen-bond donors (Lipinski definition) is 2. The Balaban J connectivity index is 1.56. The van der Waals surface area contributed by atoms with Gasteiger partial charge >= 0.3 is 0 Å². The Hall–Kier alpha value is -1.39. The maximum absolute atomic E-state index is 12.5. The molecule has 2 atom stereocenters. The van der Waals surface area contributed by atoms with Crippen molar-refractivity contribution in [3.05, 3.63) is 35.4 Å². The number of rotatable bonds is 5. The van der Waals surface area contributed by atoms with Gasteiger partial charge in [0, 0.05) is 25.0 Å². The number of amides is 1. The van der Waals surface area contributed by atoms with Crippen molar-refractivity contribution in [3.63, 3.8) is 0 Å². The Bertz CT molecular complexity index is 552. The average Bonchev–Trinajstić information content (AvgIpc) is 2.89. The molecule has 0 unspecified atom stereocenters. The molecule has 2 aliphatic rings. The molecule has 0 aromatic heterocycles. The minimum absolute atomic E-state index is 0.161. The van der Waals surface area contributed by atoms with Gasteiger partial charge in [0.2, 0.25) is 5.91 Å². The lowest BCUT2D eigenvalue weighted by Gasteiger charge is -2.27. The van der Waals surface area contributed by atoms with Crippen molar-refractivity contribution in [1.29, 1.82) is 0 Å². The SMILES string of the molecule is C[C@H]1C[C@@H](C(=O)NCc2ccccc2CN2CCCCCC2)CCN1. The fourth-order valence-corrected chi connectivity index (χ4v) is 4.12. The van der Waals surface area contributed by atoms with E-state index in [1.54, 1.807) is 0 Å². The first kappa shape index (κ1) is 18.4. The Morgan fingerprint density at radius 3 is 2.60 bits per heavy atom. The number of nitrogens with one attached hydrogen (secondary N) is 2. The van der Waals surface area contributed by atoms with Crippen LogP contribution in [0.25, 0.3) is 0 Å². The third kappa shape index (κ3) is 5.55. The molecular weight excluding hydrogens is 310 g/mol. The van der Waals surface area contributed by atoms with Crippen LogP contribution in [0.2, 0.25) is 0 Å². The largest absolute Gasteiger partial charge is 0.352 e. The predicted octanol–water partition coefficient (Wildman–Crippen LogP) is 3.07. The fraction of sp³-hybridized carbons (Fsp3) is 0.667. The van der Waals surface area contributed by atoms with Gasteiger partial charge in [-0.25, -0.2) is 0 Å². The van der Waals surface area contributed by atoms with Crippen molar-refractivity contribution in [2.24, 2.45) is 5.92 Å². The number of nitrogens with zero attached hydrogens (tertiary/aromatic N) is 1. The number of likely N-dealkylation sites (tertiary alicyclic amines) is 1. The minimum atomic E-state index is 0.161. The zero-order chi connectivity index (χ0) is 17.5. The molecule has 3 rings (SSSR count). The summed E-state index contributed by atoms with van der Waals surface area (Å²) in [4.78, 5) is 15.1. The summed E-state index contributed by atoms with van der Waals surface area (Å²) >= 11 is 0. The summed E-state index contributed by atoms with van der Waals surface area (Å²) in [5.74, 6) is 0.381. The van der Waals surface area contributed by atoms with Crippen LogP contribution in [-0.2, 0) is 17.9 Å². The van der Waals surface area contributed by atoms with Crippen molar-refractivity contribution >= 4 is 5.91 Å². The zero-order valence-corrected chi connectivity index (χ0v) is 15.6. The number of carbonyl (C=O) groups excluding carboxylic acids is 1. The first-order valence-corrected chi connectivity index (χ1v) is 10.0. The number of hydrogen-bond acceptors (Lipinski definition) is 3. The molecule has 2 saturated heterocycles. The molecule has 4 heteroatoms. The molecule has 2 heterocycles. The summed E-state index contributed by atoms with van der Waals surface area (Å²) in [5.41, 5.74) is 2.63. The molecule has 1 amide bonds. The van der Waals surface area contributed by atoms with E-state index in [2.05, 4.69) is 46.7 Å². The van der Waals surface area contributed by atoms with Gasteiger partial charge in [0.05, 0.1) is 0 Å². The van der Waals surface area contributed by atoms with Crippen LogP contribution >= 0.6 is 0 Å². The molecule has 0 bridgehead atoms. The van der Waals surface area contributed by atoms with Crippen molar-refractivity contribution in [1.82, 2.24) is 15.5 Å². The van der Waals surface area contributed by atoms with Crippen LogP contribution in [0.5, 0.6) is 0 Å². The molecule has 0 radical (unpaired) electrons. The molecule has 2 N–H and O–H groups in total. The molecule has 4 nitrogen and oxygen atoms in total. The standard InChI is InChI=1S/C21H33N3O/c1-17-14-18(10-11-22-17)21(25)23-15-19-8-4-5-9-20(19)16-24-12-6-2-3-7-13-24/h4-5,8-9,17-18,22H,2-3,6-7,10-16H2,1H3,(H,23,25)/t17-,18-/m0/s1. The van der Waals surface area contributed by atoms with Gasteiger partial charge in [-0.3, -0.25) is 9.69 Å². The molecule has 138 valence electrons. The van der Waals surface area contributed by atoms with Gasteiger partial charge in [0.1, 0.15) is 0 Å². The zero-order valence-electron chi connectivity index (χ0n) is 15.6. The Labute approximate surface area is 152 Å². The van der Waals surface area contributed by atoms with Crippen LogP contribution in [0.4, 0.5) is 0 Å². The molecule has 0 spiro atoms. The molecule has 0 aliphatic carbocycles. The van der Waals surface area contributed by atoms with Gasteiger partial charge in [0.25, 0.3) is 0 Å². The number of carbonyl (C=O) groups is 1. The van der Waals surface area contributed by atoms with E-state index in [1.807, 2.05) is 0 Å². The molecule has 1 aromatic rings. The predicted molar refractivity (Wildman–Crippen MR) is 102 cm³/mol. The lowest BCUT2D eigenvalue weighted by molar-refractivity contribution is -0.126. The summed E-state index contributed by atoms with van der Waals surface area (Å²) in [6.07, 6.45) is 7.25. The first-order valence-electron chi connectivity index (χ1n) is 10.0. The molecule has 2 fully saturated rings. The van der Waals surface area contributed by atoms with E-state index in [-0.39, 0.29) is 11.8 Å². The van der Waals surface area contributed by atoms with Crippen LogP contribution in [0.1, 0.15) is 56.6 Å². The highest BCUT2D eigenvalue weighted by atomic mass is 16.1. The van der Waals surface area contributed by atoms with Crippen LogP contribution in [0.15, 0.2) is 24.3 Å². The summed E-state index contributed by atoms with van der Waals surface area (Å²) in [5, 5.41) is 6.61. The third-order valence-corrected chi connectivity index (χ3v) is 5.66. The van der Waals surface area contributed by atoms with Crippen LogP contribution in [0, 0.1) is 5.92 Å². The van der Waals surface area contributed by atoms with Crippen LogP contribution in [-0.4, -0.2) is 36.5 Å². The molecule has 2 aliphatic heterocycles. The van der Waals surface area contributed by atoms with Crippen LogP contribution < -0.4 is 10.6 Å². The Kier molecular flexibility index (Phi) is 6.88. The highest BCUT2D eigenvalue weighted by molar-refractivity contribution is 5.78. The fourth-order valence-electron chi connectivity index (χ4n) is 4.12. The van der Waals surface area contributed by atoms with Gasteiger partial charge in [-0.05, 0) is 63.4 Å². The van der Waals surface area contributed by atoms with Gasteiger partial charge in [-0.2, -0.15) is 0 Å². The van der Waals surface area contributed by atoms with E-state index >= 15 is 0 Å². The van der Waals surface area contributed by atoms with Crippen molar-refractivity contribution in [3.8, 4) is 0 Å². The molecular formula is C21H33N3O. The Morgan fingerprint density at radius 1 is 1.16 bits per heavy atom.